The number of aromatic nitrogens is 1. The summed E-state index contributed by atoms with van der Waals surface area (Å²) in [6.07, 6.45) is 0. The molecule has 0 radical (unpaired) electrons. The second kappa shape index (κ2) is 5.67. The van der Waals surface area contributed by atoms with E-state index in [9.17, 15) is 0 Å². The topological polar surface area (TPSA) is 69.4 Å². The maximum Gasteiger partial charge on any atom is 0.162 e. The number of hydrogen-bond acceptors (Lipinski definition) is 5. The zero-order valence-corrected chi connectivity index (χ0v) is 11.4. The monoisotopic (exact) mass is 279 g/mol. The lowest BCUT2D eigenvalue weighted by atomic mass is 10.2. The van der Waals surface area contributed by atoms with Gasteiger partial charge in [0.25, 0.3) is 0 Å². The Morgan fingerprint density at radius 2 is 1.84 bits per heavy atom. The van der Waals surface area contributed by atoms with Gasteiger partial charge in [-0.2, -0.15) is 0 Å². The number of nitrogens with zero attached hydrogens (tertiary/aromatic N) is 1. The predicted molar refractivity (Wildman–Crippen MR) is 76.5 cm³/mol. The molecular weight excluding hydrogens is 266 g/mol. The first-order valence-corrected chi connectivity index (χ1v) is 5.93. The van der Waals surface area contributed by atoms with Crippen molar-refractivity contribution in [1.29, 1.82) is 0 Å². The summed E-state index contributed by atoms with van der Waals surface area (Å²) in [5.74, 6) is 1.77. The molecule has 3 N–H and O–H groups in total. The Morgan fingerprint density at radius 1 is 1.11 bits per heavy atom. The lowest BCUT2D eigenvalue weighted by Crippen LogP contribution is -2.00. The molecule has 0 saturated heterocycles. The molecule has 100 valence electrons. The van der Waals surface area contributed by atoms with Crippen molar-refractivity contribution in [1.82, 2.24) is 4.98 Å². The highest BCUT2D eigenvalue weighted by molar-refractivity contribution is 6.29. The molecule has 0 amide bonds. The van der Waals surface area contributed by atoms with Crippen LogP contribution in [0, 0.1) is 0 Å². The number of halogens is 1. The van der Waals surface area contributed by atoms with Crippen LogP contribution in [0.5, 0.6) is 11.5 Å². The van der Waals surface area contributed by atoms with Crippen LogP contribution in [0.3, 0.4) is 0 Å². The van der Waals surface area contributed by atoms with Gasteiger partial charge in [0.15, 0.2) is 17.3 Å². The number of hydrogen-bond donors (Lipinski definition) is 2. The average molecular weight is 280 g/mol. The van der Waals surface area contributed by atoms with Crippen LogP contribution in [0.2, 0.25) is 5.15 Å². The van der Waals surface area contributed by atoms with Crippen molar-refractivity contribution in [3.05, 3.63) is 35.5 Å². The molecule has 0 aliphatic rings. The number of anilines is 3. The number of pyridine rings is 1. The summed E-state index contributed by atoms with van der Waals surface area (Å²) in [7, 11) is 3.16. The largest absolute Gasteiger partial charge is 0.493 e. The molecule has 1 aromatic carbocycles. The van der Waals surface area contributed by atoms with Crippen molar-refractivity contribution in [2.45, 2.75) is 0 Å². The van der Waals surface area contributed by atoms with E-state index in [1.54, 1.807) is 38.5 Å². The first-order valence-electron chi connectivity index (χ1n) is 5.55. The van der Waals surface area contributed by atoms with E-state index < -0.39 is 0 Å². The first-order chi connectivity index (χ1) is 9.13. The maximum absolute atomic E-state index is 5.84. The molecule has 2 aromatic rings. The van der Waals surface area contributed by atoms with Crippen LogP contribution < -0.4 is 20.5 Å². The van der Waals surface area contributed by atoms with Crippen LogP contribution >= 0.6 is 11.6 Å². The van der Waals surface area contributed by atoms with E-state index in [1.807, 2.05) is 6.07 Å². The molecule has 0 fully saturated rings. The molecule has 0 bridgehead atoms. The van der Waals surface area contributed by atoms with Gasteiger partial charge in [-0.05, 0) is 24.3 Å². The highest BCUT2D eigenvalue weighted by Gasteiger charge is 2.07. The van der Waals surface area contributed by atoms with Crippen LogP contribution in [-0.2, 0) is 0 Å². The number of nitrogens with two attached hydrogens (primary N) is 1. The summed E-state index contributed by atoms with van der Waals surface area (Å²) in [4.78, 5) is 4.12. The standard InChI is InChI=1S/C13H14ClN3O2/c1-18-10-5-3-8(7-11(10)19-2)16-13-9(15)4-6-12(14)17-13/h3-7H,15H2,1-2H3,(H,16,17). The summed E-state index contributed by atoms with van der Waals surface area (Å²) < 4.78 is 10.4. The molecule has 0 aliphatic heterocycles. The van der Waals surface area contributed by atoms with E-state index in [4.69, 9.17) is 26.8 Å². The van der Waals surface area contributed by atoms with Crippen LogP contribution in [-0.4, -0.2) is 19.2 Å². The first kappa shape index (κ1) is 13.3. The number of ether oxygens (including phenoxy) is 2. The number of nitrogen functional groups attached to an aromatic ring is 1. The fourth-order valence-electron chi connectivity index (χ4n) is 1.60. The molecule has 0 spiro atoms. The lowest BCUT2D eigenvalue weighted by Gasteiger charge is -2.12. The van der Waals surface area contributed by atoms with E-state index in [1.165, 1.54) is 0 Å². The van der Waals surface area contributed by atoms with Gasteiger partial charge in [0.1, 0.15) is 5.15 Å². The van der Waals surface area contributed by atoms with E-state index in [-0.39, 0.29) is 0 Å². The molecule has 2 rings (SSSR count). The molecule has 1 heterocycles. The van der Waals surface area contributed by atoms with E-state index in [0.29, 0.717) is 28.2 Å². The molecule has 0 unspecified atom stereocenters. The van der Waals surface area contributed by atoms with Crippen molar-refractivity contribution < 1.29 is 9.47 Å². The minimum Gasteiger partial charge on any atom is -0.493 e. The van der Waals surface area contributed by atoms with Gasteiger partial charge in [-0.15, -0.1) is 0 Å². The highest BCUT2D eigenvalue weighted by atomic mass is 35.5. The third-order valence-corrected chi connectivity index (χ3v) is 2.75. The average Bonchev–Trinajstić information content (AvgIpc) is 2.42. The van der Waals surface area contributed by atoms with Gasteiger partial charge in [0, 0.05) is 11.8 Å². The molecule has 19 heavy (non-hydrogen) atoms. The third-order valence-electron chi connectivity index (χ3n) is 2.54. The van der Waals surface area contributed by atoms with E-state index in [2.05, 4.69) is 10.3 Å². The fraction of sp³-hybridized carbons (Fsp3) is 0.154. The van der Waals surface area contributed by atoms with Gasteiger partial charge < -0.3 is 20.5 Å². The predicted octanol–water partition coefficient (Wildman–Crippen LogP) is 3.08. The Labute approximate surface area is 116 Å². The molecule has 0 saturated carbocycles. The van der Waals surface area contributed by atoms with Crippen molar-refractivity contribution in [3.63, 3.8) is 0 Å². The maximum atomic E-state index is 5.84. The second-order valence-corrected chi connectivity index (χ2v) is 4.15. The van der Waals surface area contributed by atoms with Gasteiger partial charge in [0.2, 0.25) is 0 Å². The Balaban J connectivity index is 2.30. The molecule has 0 aliphatic carbocycles. The van der Waals surface area contributed by atoms with Gasteiger partial charge in [-0.1, -0.05) is 11.6 Å². The quantitative estimate of drug-likeness (QED) is 0.842. The van der Waals surface area contributed by atoms with Gasteiger partial charge in [-0.25, -0.2) is 4.98 Å². The smallest absolute Gasteiger partial charge is 0.162 e. The van der Waals surface area contributed by atoms with Gasteiger partial charge in [0.05, 0.1) is 19.9 Å². The van der Waals surface area contributed by atoms with Crippen LogP contribution in [0.4, 0.5) is 17.2 Å². The Bertz CT molecular complexity index is 590. The third kappa shape index (κ3) is 3.00. The zero-order valence-electron chi connectivity index (χ0n) is 10.6. The zero-order chi connectivity index (χ0) is 13.8. The Morgan fingerprint density at radius 3 is 2.53 bits per heavy atom. The highest BCUT2D eigenvalue weighted by Crippen LogP contribution is 2.31. The summed E-state index contributed by atoms with van der Waals surface area (Å²) >= 11 is 5.84. The van der Waals surface area contributed by atoms with Crippen molar-refractivity contribution in [2.75, 3.05) is 25.3 Å². The summed E-state index contributed by atoms with van der Waals surface area (Å²) in [5, 5.41) is 3.46. The SMILES string of the molecule is COc1ccc(Nc2nc(Cl)ccc2N)cc1OC. The number of methoxy groups -OCH3 is 2. The fourth-order valence-corrected chi connectivity index (χ4v) is 1.74. The minimum absolute atomic E-state index is 0.372. The Hall–Kier alpha value is -2.14. The second-order valence-electron chi connectivity index (χ2n) is 3.77. The molecule has 0 atom stereocenters. The van der Waals surface area contributed by atoms with Gasteiger partial charge in [-0.3, -0.25) is 0 Å². The van der Waals surface area contributed by atoms with E-state index in [0.717, 1.165) is 5.69 Å². The molecule has 5 nitrogen and oxygen atoms in total. The number of nitrogens with one attached hydrogen (secondary N) is 1. The van der Waals surface area contributed by atoms with Crippen molar-refractivity contribution in [2.24, 2.45) is 0 Å². The van der Waals surface area contributed by atoms with E-state index >= 15 is 0 Å². The summed E-state index contributed by atoms with van der Waals surface area (Å²) in [6.45, 7) is 0. The lowest BCUT2D eigenvalue weighted by molar-refractivity contribution is 0.355. The molecular formula is C13H14ClN3O2. The number of rotatable bonds is 4. The van der Waals surface area contributed by atoms with Crippen LogP contribution in [0.25, 0.3) is 0 Å². The molecule has 6 heteroatoms. The van der Waals surface area contributed by atoms with Crippen LogP contribution in [0.15, 0.2) is 30.3 Å². The summed E-state index contributed by atoms with van der Waals surface area (Å²) in [6, 6.07) is 8.75. The summed E-state index contributed by atoms with van der Waals surface area (Å²) in [5.41, 5.74) is 7.11. The van der Waals surface area contributed by atoms with Crippen molar-refractivity contribution in [3.8, 4) is 11.5 Å². The van der Waals surface area contributed by atoms with Crippen molar-refractivity contribution >= 4 is 28.8 Å². The minimum atomic E-state index is 0.372. The molecule has 1 aromatic heterocycles. The van der Waals surface area contributed by atoms with Gasteiger partial charge >= 0.3 is 0 Å². The number of benzene rings is 1. The van der Waals surface area contributed by atoms with Crippen LogP contribution in [0.1, 0.15) is 0 Å². The normalized spacial score (nSPS) is 10.1. The Kier molecular flexibility index (Phi) is 3.97.